The van der Waals surface area contributed by atoms with Crippen LogP contribution in [0.15, 0.2) is 78.9 Å². The van der Waals surface area contributed by atoms with Crippen LogP contribution in [0.4, 0.5) is 11.4 Å². The second-order valence-electron chi connectivity index (χ2n) is 6.81. The Kier molecular flexibility index (Phi) is 4.88. The van der Waals surface area contributed by atoms with Gasteiger partial charge in [-0.25, -0.2) is 0 Å². The molecule has 1 aliphatic rings. The molecule has 0 bridgehead atoms. The van der Waals surface area contributed by atoms with Crippen molar-refractivity contribution in [3.8, 4) is 0 Å². The molecule has 0 saturated carbocycles. The maximum Gasteiger partial charge on any atom is 0.255 e. The van der Waals surface area contributed by atoms with Crippen LogP contribution in [0.2, 0.25) is 5.02 Å². The number of anilines is 2. The summed E-state index contributed by atoms with van der Waals surface area (Å²) in [5, 5.41) is 0.581. The zero-order valence-electron chi connectivity index (χ0n) is 15.4. The van der Waals surface area contributed by atoms with Crippen molar-refractivity contribution in [2.75, 3.05) is 16.3 Å². The first-order chi connectivity index (χ1) is 13.5. The number of hydrogen-bond donors (Lipinski definition) is 0. The molecular weight excluding hydrogens is 372 g/mol. The van der Waals surface area contributed by atoms with Gasteiger partial charge >= 0.3 is 0 Å². The lowest BCUT2D eigenvalue weighted by atomic mass is 9.99. The summed E-state index contributed by atoms with van der Waals surface area (Å²) in [6.45, 7) is 1.98. The Bertz CT molecular complexity index is 1000. The van der Waals surface area contributed by atoms with Crippen molar-refractivity contribution in [2.24, 2.45) is 0 Å². The highest BCUT2D eigenvalue weighted by atomic mass is 35.5. The summed E-state index contributed by atoms with van der Waals surface area (Å²) < 4.78 is 0. The number of aryl methyl sites for hydroxylation is 1. The summed E-state index contributed by atoms with van der Waals surface area (Å²) in [6.07, 6.45) is 0. The van der Waals surface area contributed by atoms with E-state index in [0.717, 1.165) is 16.8 Å². The number of halogens is 1. The van der Waals surface area contributed by atoms with Crippen molar-refractivity contribution in [2.45, 2.75) is 13.0 Å². The van der Waals surface area contributed by atoms with Gasteiger partial charge in [0.1, 0.15) is 12.6 Å². The van der Waals surface area contributed by atoms with Crippen LogP contribution in [0.3, 0.4) is 0 Å². The smallest absolute Gasteiger partial charge is 0.255 e. The van der Waals surface area contributed by atoms with Crippen LogP contribution in [0, 0.1) is 6.92 Å². The lowest BCUT2D eigenvalue weighted by Crippen LogP contribution is -2.56. The van der Waals surface area contributed by atoms with Crippen LogP contribution < -0.4 is 9.80 Å². The first kappa shape index (κ1) is 18.3. The van der Waals surface area contributed by atoms with E-state index >= 15 is 0 Å². The average Bonchev–Trinajstić information content (AvgIpc) is 2.71. The Balaban J connectivity index is 1.79. The van der Waals surface area contributed by atoms with Crippen molar-refractivity contribution >= 4 is 34.8 Å². The van der Waals surface area contributed by atoms with Gasteiger partial charge in [-0.3, -0.25) is 14.5 Å². The molecule has 0 N–H and O–H groups in total. The minimum atomic E-state index is -0.732. The third-order valence-corrected chi connectivity index (χ3v) is 5.14. The van der Waals surface area contributed by atoms with Gasteiger partial charge in [0, 0.05) is 16.4 Å². The predicted octanol–water partition coefficient (Wildman–Crippen LogP) is 4.77. The molecule has 0 unspecified atom stereocenters. The number of rotatable bonds is 3. The summed E-state index contributed by atoms with van der Waals surface area (Å²) in [4.78, 5) is 29.8. The molecule has 1 fully saturated rings. The third-order valence-electron chi connectivity index (χ3n) is 4.89. The van der Waals surface area contributed by atoms with Gasteiger partial charge in [0.15, 0.2) is 0 Å². The van der Waals surface area contributed by atoms with Gasteiger partial charge in [0.2, 0.25) is 5.91 Å². The quantitative estimate of drug-likeness (QED) is 0.646. The Morgan fingerprint density at radius 3 is 2.07 bits per heavy atom. The first-order valence-corrected chi connectivity index (χ1v) is 9.43. The SMILES string of the molecule is Cc1ccc(N2CC(=O)N(c3ccc(Cl)cc3)[C@@H](c3ccccc3)C2=O)cc1. The summed E-state index contributed by atoms with van der Waals surface area (Å²) in [5.74, 6) is -0.277. The van der Waals surface area contributed by atoms with Crippen LogP contribution in [0.5, 0.6) is 0 Å². The summed E-state index contributed by atoms with van der Waals surface area (Å²) >= 11 is 6.01. The number of piperazine rings is 1. The Morgan fingerprint density at radius 1 is 0.821 bits per heavy atom. The second kappa shape index (κ2) is 7.49. The van der Waals surface area contributed by atoms with Crippen LogP contribution in [0.1, 0.15) is 17.2 Å². The maximum atomic E-state index is 13.5. The zero-order valence-corrected chi connectivity index (χ0v) is 16.1. The van der Waals surface area contributed by atoms with Gasteiger partial charge in [-0.15, -0.1) is 0 Å². The zero-order chi connectivity index (χ0) is 19.7. The fraction of sp³-hybridized carbons (Fsp3) is 0.130. The van der Waals surface area contributed by atoms with E-state index in [0.29, 0.717) is 10.7 Å². The minimum Gasteiger partial charge on any atom is -0.301 e. The Labute approximate surface area is 169 Å². The molecule has 1 atom stereocenters. The van der Waals surface area contributed by atoms with Gasteiger partial charge in [0.05, 0.1) is 0 Å². The highest BCUT2D eigenvalue weighted by Crippen LogP contribution is 2.34. The molecule has 0 radical (unpaired) electrons. The molecule has 0 spiro atoms. The van der Waals surface area contributed by atoms with E-state index < -0.39 is 6.04 Å². The van der Waals surface area contributed by atoms with Gasteiger partial charge in [-0.2, -0.15) is 0 Å². The number of nitrogens with zero attached hydrogens (tertiary/aromatic N) is 2. The van der Waals surface area contributed by atoms with Crippen molar-refractivity contribution in [3.05, 3.63) is 95.0 Å². The van der Waals surface area contributed by atoms with Crippen LogP contribution in [0.25, 0.3) is 0 Å². The van der Waals surface area contributed by atoms with E-state index in [1.165, 1.54) is 0 Å². The number of benzene rings is 3. The minimum absolute atomic E-state index is 0.00610. The fourth-order valence-corrected chi connectivity index (χ4v) is 3.58. The lowest BCUT2D eigenvalue weighted by Gasteiger charge is -2.40. The van der Waals surface area contributed by atoms with Crippen LogP contribution in [-0.4, -0.2) is 18.4 Å². The maximum absolute atomic E-state index is 13.5. The van der Waals surface area contributed by atoms with Gasteiger partial charge in [-0.1, -0.05) is 59.6 Å². The molecule has 5 heteroatoms. The average molecular weight is 391 g/mol. The highest BCUT2D eigenvalue weighted by Gasteiger charge is 2.41. The standard InChI is InChI=1S/C23H19ClN2O2/c1-16-7-11-19(12-8-16)25-15-21(27)26(20-13-9-18(24)10-14-20)22(23(25)28)17-5-3-2-4-6-17/h2-14,22H,15H2,1H3/t22-/m0/s1. The van der Waals surface area contributed by atoms with Crippen molar-refractivity contribution in [1.82, 2.24) is 0 Å². The van der Waals surface area contributed by atoms with Crippen molar-refractivity contribution in [3.63, 3.8) is 0 Å². The van der Waals surface area contributed by atoms with E-state index in [9.17, 15) is 9.59 Å². The largest absolute Gasteiger partial charge is 0.301 e. The molecule has 4 rings (SSSR count). The third kappa shape index (κ3) is 3.39. The number of hydrogen-bond acceptors (Lipinski definition) is 2. The van der Waals surface area contributed by atoms with E-state index in [-0.39, 0.29) is 18.4 Å². The summed E-state index contributed by atoms with van der Waals surface area (Å²) in [5.41, 5.74) is 3.25. The molecule has 0 aliphatic carbocycles. The molecule has 140 valence electrons. The molecule has 4 nitrogen and oxygen atoms in total. The van der Waals surface area contributed by atoms with E-state index in [4.69, 9.17) is 11.6 Å². The predicted molar refractivity (Wildman–Crippen MR) is 112 cm³/mol. The highest BCUT2D eigenvalue weighted by molar-refractivity contribution is 6.30. The fourth-order valence-electron chi connectivity index (χ4n) is 3.46. The topological polar surface area (TPSA) is 40.6 Å². The van der Waals surface area contributed by atoms with E-state index in [1.54, 1.807) is 34.1 Å². The molecule has 2 amide bonds. The molecule has 28 heavy (non-hydrogen) atoms. The normalized spacial score (nSPS) is 17.1. The van der Waals surface area contributed by atoms with Crippen molar-refractivity contribution < 1.29 is 9.59 Å². The lowest BCUT2D eigenvalue weighted by molar-refractivity contribution is -0.128. The summed E-state index contributed by atoms with van der Waals surface area (Å²) in [6, 6.07) is 23.3. The number of carbonyl (C=O) groups excluding carboxylic acids is 2. The molecule has 0 aromatic heterocycles. The number of amides is 2. The van der Waals surface area contributed by atoms with Gasteiger partial charge in [0.25, 0.3) is 5.91 Å². The molecular formula is C23H19ClN2O2. The molecule has 1 aliphatic heterocycles. The van der Waals surface area contributed by atoms with Crippen LogP contribution in [-0.2, 0) is 9.59 Å². The molecule has 1 heterocycles. The van der Waals surface area contributed by atoms with Gasteiger partial charge < -0.3 is 4.90 Å². The Morgan fingerprint density at radius 2 is 1.43 bits per heavy atom. The first-order valence-electron chi connectivity index (χ1n) is 9.05. The van der Waals surface area contributed by atoms with Crippen LogP contribution >= 0.6 is 11.6 Å². The van der Waals surface area contributed by atoms with Gasteiger partial charge in [-0.05, 0) is 48.9 Å². The molecule has 1 saturated heterocycles. The van der Waals surface area contributed by atoms with E-state index in [1.807, 2.05) is 61.5 Å². The second-order valence-corrected chi connectivity index (χ2v) is 7.25. The van der Waals surface area contributed by atoms with Crippen molar-refractivity contribution in [1.29, 1.82) is 0 Å². The summed E-state index contributed by atoms with van der Waals surface area (Å²) in [7, 11) is 0. The Hall–Kier alpha value is -3.11. The van der Waals surface area contributed by atoms with E-state index in [2.05, 4.69) is 0 Å². The number of carbonyl (C=O) groups is 2. The monoisotopic (exact) mass is 390 g/mol. The molecule has 3 aromatic carbocycles. The molecule has 3 aromatic rings.